The fourth-order valence-electron chi connectivity index (χ4n) is 2.28. The van der Waals surface area contributed by atoms with Gasteiger partial charge in [-0.2, -0.15) is 0 Å². The zero-order valence-electron chi connectivity index (χ0n) is 11.8. The van der Waals surface area contributed by atoms with E-state index in [0.29, 0.717) is 11.4 Å². The summed E-state index contributed by atoms with van der Waals surface area (Å²) in [6, 6.07) is 11.8. The molecule has 0 aliphatic rings. The number of nitrogens with one attached hydrogen (secondary N) is 1. The lowest BCUT2D eigenvalue weighted by Crippen LogP contribution is -2.08. The largest absolute Gasteiger partial charge is 0.494 e. The Hall–Kier alpha value is -2.82. The van der Waals surface area contributed by atoms with Crippen LogP contribution in [0.25, 0.3) is 16.9 Å². The molecule has 2 heterocycles. The van der Waals surface area contributed by atoms with Gasteiger partial charge >= 0.3 is 0 Å². The molecule has 3 rings (SSSR count). The number of aromatic nitrogens is 2. The van der Waals surface area contributed by atoms with Gasteiger partial charge in [0.25, 0.3) is 0 Å². The molecule has 0 saturated carbocycles. The first-order chi connectivity index (χ1) is 10.2. The molecular formula is C16H15N3O2. The van der Waals surface area contributed by atoms with Gasteiger partial charge < -0.3 is 10.1 Å². The van der Waals surface area contributed by atoms with Crippen molar-refractivity contribution in [1.82, 2.24) is 9.38 Å². The van der Waals surface area contributed by atoms with E-state index in [0.717, 1.165) is 16.9 Å². The summed E-state index contributed by atoms with van der Waals surface area (Å²) < 4.78 is 7.23. The number of methoxy groups -OCH3 is 1. The lowest BCUT2D eigenvalue weighted by Gasteiger charge is -2.10. The number of amides is 1. The summed E-state index contributed by atoms with van der Waals surface area (Å²) in [5.41, 5.74) is 3.40. The van der Waals surface area contributed by atoms with E-state index in [4.69, 9.17) is 4.74 Å². The van der Waals surface area contributed by atoms with Crippen LogP contribution in [0.4, 0.5) is 5.69 Å². The summed E-state index contributed by atoms with van der Waals surface area (Å²) in [4.78, 5) is 15.7. The average Bonchev–Trinajstić information content (AvgIpc) is 2.89. The van der Waals surface area contributed by atoms with Gasteiger partial charge in [-0.1, -0.05) is 30.3 Å². The fraction of sp³-hybridized carbons (Fsp3) is 0.125. The van der Waals surface area contributed by atoms with E-state index in [9.17, 15) is 4.79 Å². The Morgan fingerprint density at radius 2 is 2.05 bits per heavy atom. The van der Waals surface area contributed by atoms with Gasteiger partial charge in [0.05, 0.1) is 19.0 Å². The number of rotatable bonds is 3. The van der Waals surface area contributed by atoms with E-state index >= 15 is 0 Å². The van der Waals surface area contributed by atoms with Crippen molar-refractivity contribution in [1.29, 1.82) is 0 Å². The zero-order valence-corrected chi connectivity index (χ0v) is 11.8. The Labute approximate surface area is 122 Å². The van der Waals surface area contributed by atoms with Gasteiger partial charge in [-0.05, 0) is 0 Å². The van der Waals surface area contributed by atoms with Crippen LogP contribution in [0.5, 0.6) is 5.75 Å². The number of pyridine rings is 1. The molecule has 1 amide bonds. The Morgan fingerprint density at radius 3 is 2.71 bits per heavy atom. The number of ether oxygens (including phenoxy) is 1. The molecule has 0 saturated heterocycles. The predicted molar refractivity (Wildman–Crippen MR) is 81.5 cm³/mol. The number of anilines is 1. The molecule has 0 fully saturated rings. The summed E-state index contributed by atoms with van der Waals surface area (Å²) in [5, 5.41) is 2.77. The summed E-state index contributed by atoms with van der Waals surface area (Å²) in [6.45, 7) is 1.47. The van der Waals surface area contributed by atoms with Gasteiger partial charge in [-0.15, -0.1) is 0 Å². The van der Waals surface area contributed by atoms with Crippen molar-refractivity contribution in [2.45, 2.75) is 6.92 Å². The summed E-state index contributed by atoms with van der Waals surface area (Å²) >= 11 is 0. The van der Waals surface area contributed by atoms with Gasteiger partial charge in [-0.25, -0.2) is 4.98 Å². The van der Waals surface area contributed by atoms with Crippen LogP contribution in [0.2, 0.25) is 0 Å². The minimum atomic E-state index is -0.144. The van der Waals surface area contributed by atoms with Gasteiger partial charge in [0.1, 0.15) is 17.1 Å². The van der Waals surface area contributed by atoms with Crippen LogP contribution in [0, 0.1) is 0 Å². The van der Waals surface area contributed by atoms with Crippen molar-refractivity contribution in [3.05, 3.63) is 48.8 Å². The second-order valence-electron chi connectivity index (χ2n) is 4.67. The molecule has 0 aliphatic carbocycles. The minimum Gasteiger partial charge on any atom is -0.494 e. The van der Waals surface area contributed by atoms with Crippen LogP contribution >= 0.6 is 0 Å². The highest BCUT2D eigenvalue weighted by atomic mass is 16.5. The van der Waals surface area contributed by atoms with Gasteiger partial charge in [0.15, 0.2) is 0 Å². The Bertz CT molecular complexity index is 794. The number of carbonyl (C=O) groups is 1. The summed E-state index contributed by atoms with van der Waals surface area (Å²) in [6.07, 6.45) is 3.63. The van der Waals surface area contributed by atoms with E-state index < -0.39 is 0 Å². The molecule has 2 aromatic heterocycles. The number of hydrogen-bond acceptors (Lipinski definition) is 3. The number of benzene rings is 1. The van der Waals surface area contributed by atoms with Crippen LogP contribution < -0.4 is 10.1 Å². The van der Waals surface area contributed by atoms with Gasteiger partial charge in [-0.3, -0.25) is 9.20 Å². The Balaban J connectivity index is 2.19. The van der Waals surface area contributed by atoms with Crippen molar-refractivity contribution in [3.63, 3.8) is 0 Å². The monoisotopic (exact) mass is 281 g/mol. The second-order valence-corrected chi connectivity index (χ2v) is 4.67. The van der Waals surface area contributed by atoms with Crippen molar-refractivity contribution in [2.24, 2.45) is 0 Å². The van der Waals surface area contributed by atoms with Crippen molar-refractivity contribution >= 4 is 17.2 Å². The SMILES string of the molecule is COc1cc2ncc(-c3ccccc3)n2cc1NC(C)=O. The number of hydrogen-bond donors (Lipinski definition) is 1. The van der Waals surface area contributed by atoms with E-state index in [1.54, 1.807) is 13.2 Å². The maximum atomic E-state index is 11.3. The molecule has 21 heavy (non-hydrogen) atoms. The quantitative estimate of drug-likeness (QED) is 0.803. The Morgan fingerprint density at radius 1 is 1.29 bits per heavy atom. The van der Waals surface area contributed by atoms with Crippen LogP contribution in [-0.4, -0.2) is 22.4 Å². The summed E-state index contributed by atoms with van der Waals surface area (Å²) in [7, 11) is 1.57. The molecule has 3 aromatic rings. The smallest absolute Gasteiger partial charge is 0.221 e. The molecule has 1 aromatic carbocycles. The molecule has 5 nitrogen and oxygen atoms in total. The molecule has 0 radical (unpaired) electrons. The minimum absolute atomic E-state index is 0.144. The third kappa shape index (κ3) is 2.45. The molecular weight excluding hydrogens is 266 g/mol. The standard InChI is InChI=1S/C16H15N3O2/c1-11(20)18-13-10-19-14(12-6-4-3-5-7-12)9-17-16(19)8-15(13)21-2/h3-10H,1-2H3,(H,18,20). The maximum absolute atomic E-state index is 11.3. The molecule has 0 aliphatic heterocycles. The first-order valence-corrected chi connectivity index (χ1v) is 6.57. The Kier molecular flexibility index (Phi) is 3.31. The lowest BCUT2D eigenvalue weighted by atomic mass is 10.2. The fourth-order valence-corrected chi connectivity index (χ4v) is 2.28. The van der Waals surface area contributed by atoms with Crippen LogP contribution in [0.3, 0.4) is 0 Å². The topological polar surface area (TPSA) is 55.6 Å². The number of nitrogens with zero attached hydrogens (tertiary/aromatic N) is 2. The molecule has 0 spiro atoms. The van der Waals surface area contributed by atoms with Crippen molar-refractivity contribution in [3.8, 4) is 17.0 Å². The maximum Gasteiger partial charge on any atom is 0.221 e. The molecule has 1 N–H and O–H groups in total. The molecule has 0 atom stereocenters. The molecule has 5 heteroatoms. The van der Waals surface area contributed by atoms with Gasteiger partial charge in [0.2, 0.25) is 5.91 Å². The predicted octanol–water partition coefficient (Wildman–Crippen LogP) is 2.97. The normalized spacial score (nSPS) is 10.6. The number of imidazole rings is 1. The lowest BCUT2D eigenvalue weighted by molar-refractivity contribution is -0.114. The van der Waals surface area contributed by atoms with E-state index in [1.165, 1.54) is 6.92 Å². The first-order valence-electron chi connectivity index (χ1n) is 6.57. The van der Waals surface area contributed by atoms with Crippen LogP contribution in [0.1, 0.15) is 6.92 Å². The first kappa shape index (κ1) is 13.2. The molecule has 0 unspecified atom stereocenters. The highest BCUT2D eigenvalue weighted by Crippen LogP contribution is 2.29. The highest BCUT2D eigenvalue weighted by molar-refractivity contribution is 5.90. The van der Waals surface area contributed by atoms with E-state index in [-0.39, 0.29) is 5.91 Å². The average molecular weight is 281 g/mol. The van der Waals surface area contributed by atoms with Gasteiger partial charge in [0, 0.05) is 24.8 Å². The van der Waals surface area contributed by atoms with E-state index in [1.807, 2.05) is 47.1 Å². The van der Waals surface area contributed by atoms with Crippen LogP contribution in [-0.2, 0) is 4.79 Å². The third-order valence-corrected chi connectivity index (χ3v) is 3.21. The van der Waals surface area contributed by atoms with Crippen molar-refractivity contribution < 1.29 is 9.53 Å². The third-order valence-electron chi connectivity index (χ3n) is 3.21. The number of carbonyl (C=O) groups excluding carboxylic acids is 1. The van der Waals surface area contributed by atoms with Crippen LogP contribution in [0.15, 0.2) is 48.8 Å². The van der Waals surface area contributed by atoms with Crippen molar-refractivity contribution in [2.75, 3.05) is 12.4 Å². The zero-order chi connectivity index (χ0) is 14.8. The molecule has 0 bridgehead atoms. The number of fused-ring (bicyclic) bond motifs is 1. The summed E-state index contributed by atoms with van der Waals surface area (Å²) in [5.74, 6) is 0.442. The second kappa shape index (κ2) is 5.28. The highest BCUT2D eigenvalue weighted by Gasteiger charge is 2.11. The van der Waals surface area contributed by atoms with E-state index in [2.05, 4.69) is 10.3 Å². The molecule has 106 valence electrons.